The summed E-state index contributed by atoms with van der Waals surface area (Å²) in [5.74, 6) is -0.482. The van der Waals surface area contributed by atoms with Gasteiger partial charge in [-0.2, -0.15) is 4.98 Å². The number of imidazole rings is 1. The van der Waals surface area contributed by atoms with Gasteiger partial charge in [0.05, 0.1) is 6.20 Å². The number of hydrogen-bond donors (Lipinski definition) is 1. The van der Waals surface area contributed by atoms with E-state index < -0.39 is 5.97 Å². The Bertz CT molecular complexity index is 504. The Kier molecular flexibility index (Phi) is 3.29. The fourth-order valence-electron chi connectivity index (χ4n) is 1.15. The number of aromatic nitrogens is 4. The van der Waals surface area contributed by atoms with Crippen LogP contribution in [0.3, 0.4) is 0 Å². The Hall–Kier alpha value is -2.44. The minimum atomic E-state index is -0.482. The molecule has 0 saturated carbocycles. The van der Waals surface area contributed by atoms with Crippen LogP contribution in [0.1, 0.15) is 0 Å². The highest BCUT2D eigenvalue weighted by Gasteiger charge is 2.04. The number of nitrogens with zero attached hydrogens (tertiary/aromatic N) is 3. The maximum Gasteiger partial charge on any atom is 0.330 e. The quantitative estimate of drug-likeness (QED) is 0.459. The second-order valence-corrected chi connectivity index (χ2v) is 3.02. The number of H-pyrrole nitrogens is 1. The van der Waals surface area contributed by atoms with Crippen LogP contribution in [0.2, 0.25) is 0 Å². The van der Waals surface area contributed by atoms with Crippen LogP contribution in [0.25, 0.3) is 11.2 Å². The van der Waals surface area contributed by atoms with Crippen molar-refractivity contribution in [3.8, 4) is 6.01 Å². The number of ether oxygens (including phenoxy) is 2. The Morgan fingerprint density at radius 2 is 2.41 bits per heavy atom. The van der Waals surface area contributed by atoms with Crippen LogP contribution in [-0.2, 0) is 9.53 Å². The van der Waals surface area contributed by atoms with Gasteiger partial charge in [0.25, 0.3) is 6.01 Å². The van der Waals surface area contributed by atoms with Crippen LogP contribution in [0, 0.1) is 0 Å². The van der Waals surface area contributed by atoms with Crippen LogP contribution in [-0.4, -0.2) is 39.1 Å². The molecular weight excluding hydrogens is 224 g/mol. The average Bonchev–Trinajstić information content (AvgIpc) is 2.76. The van der Waals surface area contributed by atoms with Gasteiger partial charge in [-0.1, -0.05) is 6.58 Å². The molecule has 88 valence electrons. The smallest absolute Gasteiger partial charge is 0.330 e. The summed E-state index contributed by atoms with van der Waals surface area (Å²) in [7, 11) is 0. The van der Waals surface area contributed by atoms with Crippen molar-refractivity contribution in [3.05, 3.63) is 25.2 Å². The molecule has 7 nitrogen and oxygen atoms in total. The summed E-state index contributed by atoms with van der Waals surface area (Å²) >= 11 is 0. The predicted octanol–water partition coefficient (Wildman–Crippen LogP) is 0.461. The molecule has 1 N–H and O–H groups in total. The molecule has 2 aromatic heterocycles. The molecule has 0 amide bonds. The van der Waals surface area contributed by atoms with E-state index in [1.54, 1.807) is 6.20 Å². The van der Waals surface area contributed by atoms with Gasteiger partial charge < -0.3 is 14.5 Å². The molecule has 0 aliphatic carbocycles. The summed E-state index contributed by atoms with van der Waals surface area (Å²) in [6.07, 6.45) is 4.09. The monoisotopic (exact) mass is 234 g/mol. The van der Waals surface area contributed by atoms with Crippen molar-refractivity contribution < 1.29 is 14.3 Å². The highest BCUT2D eigenvalue weighted by molar-refractivity contribution is 5.81. The lowest BCUT2D eigenvalue weighted by Gasteiger charge is -2.02. The highest BCUT2D eigenvalue weighted by Crippen LogP contribution is 2.11. The van der Waals surface area contributed by atoms with Crippen LogP contribution >= 0.6 is 0 Å². The largest absolute Gasteiger partial charge is 0.461 e. The molecule has 0 unspecified atom stereocenters. The van der Waals surface area contributed by atoms with Crippen LogP contribution in [0.5, 0.6) is 6.01 Å². The Morgan fingerprint density at radius 1 is 1.53 bits per heavy atom. The fraction of sp³-hybridized carbons (Fsp3) is 0.200. The van der Waals surface area contributed by atoms with Crippen LogP contribution in [0.15, 0.2) is 25.2 Å². The van der Waals surface area contributed by atoms with Crippen molar-refractivity contribution in [2.45, 2.75) is 0 Å². The standard InChI is InChI=1S/C10H10N4O3/c1-2-8(15)16-3-4-17-10-13-7-5-11-6-12-9(7)14-10/h2,5-6H,1,3-4H2,(H,11,12,13,14). The van der Waals surface area contributed by atoms with Gasteiger partial charge in [0.2, 0.25) is 0 Å². The highest BCUT2D eigenvalue weighted by atomic mass is 16.6. The Balaban J connectivity index is 1.87. The maximum absolute atomic E-state index is 10.7. The van der Waals surface area contributed by atoms with E-state index in [2.05, 4.69) is 26.5 Å². The van der Waals surface area contributed by atoms with E-state index in [4.69, 9.17) is 9.47 Å². The van der Waals surface area contributed by atoms with E-state index in [0.29, 0.717) is 17.2 Å². The Labute approximate surface area is 96.5 Å². The van der Waals surface area contributed by atoms with E-state index in [9.17, 15) is 4.79 Å². The molecular formula is C10H10N4O3. The first kappa shape index (κ1) is 11.1. The molecule has 2 heterocycles. The van der Waals surface area contributed by atoms with Crippen LogP contribution in [0.4, 0.5) is 0 Å². The van der Waals surface area contributed by atoms with E-state index >= 15 is 0 Å². The summed E-state index contributed by atoms with van der Waals surface area (Å²) in [5.41, 5.74) is 1.21. The van der Waals surface area contributed by atoms with Gasteiger partial charge in [-0.25, -0.2) is 14.8 Å². The van der Waals surface area contributed by atoms with Gasteiger partial charge >= 0.3 is 5.97 Å². The van der Waals surface area contributed by atoms with Gasteiger partial charge in [-0.05, 0) is 0 Å². The zero-order valence-corrected chi connectivity index (χ0v) is 8.92. The summed E-state index contributed by atoms with van der Waals surface area (Å²) in [4.78, 5) is 25.4. The number of carbonyl (C=O) groups is 1. The molecule has 0 aromatic carbocycles. The molecule has 0 spiro atoms. The van der Waals surface area contributed by atoms with E-state index in [1.165, 1.54) is 6.33 Å². The molecule has 0 saturated heterocycles. The molecule has 0 atom stereocenters. The van der Waals surface area contributed by atoms with Gasteiger partial charge in [0.1, 0.15) is 25.1 Å². The van der Waals surface area contributed by atoms with Crippen molar-refractivity contribution in [2.24, 2.45) is 0 Å². The first-order chi connectivity index (χ1) is 8.29. The first-order valence-corrected chi connectivity index (χ1v) is 4.87. The average molecular weight is 234 g/mol. The lowest BCUT2D eigenvalue weighted by Crippen LogP contribution is -2.10. The van der Waals surface area contributed by atoms with Gasteiger partial charge in [0, 0.05) is 6.08 Å². The number of aromatic amines is 1. The molecule has 0 radical (unpaired) electrons. The zero-order chi connectivity index (χ0) is 12.1. The number of esters is 1. The Morgan fingerprint density at radius 3 is 3.18 bits per heavy atom. The SMILES string of the molecule is C=CC(=O)OCCOc1nc2ncncc2[nH]1. The fourth-order valence-corrected chi connectivity index (χ4v) is 1.15. The predicted molar refractivity (Wildman–Crippen MR) is 58.3 cm³/mol. The topological polar surface area (TPSA) is 90.0 Å². The third-order valence-electron chi connectivity index (χ3n) is 1.87. The summed E-state index contributed by atoms with van der Waals surface area (Å²) in [6, 6.07) is 0.315. The third kappa shape index (κ3) is 2.77. The molecule has 0 fully saturated rings. The molecule has 0 aliphatic rings. The number of fused-ring (bicyclic) bond motifs is 1. The minimum Gasteiger partial charge on any atom is -0.461 e. The molecule has 0 aliphatic heterocycles. The number of hydrogen-bond acceptors (Lipinski definition) is 6. The second-order valence-electron chi connectivity index (χ2n) is 3.02. The van der Waals surface area contributed by atoms with Gasteiger partial charge in [-0.3, -0.25) is 0 Å². The minimum absolute atomic E-state index is 0.133. The molecule has 2 aromatic rings. The molecule has 7 heteroatoms. The number of carbonyl (C=O) groups excluding carboxylic acids is 1. The van der Waals surface area contributed by atoms with E-state index in [0.717, 1.165) is 6.08 Å². The van der Waals surface area contributed by atoms with Crippen molar-refractivity contribution in [2.75, 3.05) is 13.2 Å². The van der Waals surface area contributed by atoms with Gasteiger partial charge in [-0.15, -0.1) is 0 Å². The van der Waals surface area contributed by atoms with Crippen molar-refractivity contribution in [1.82, 2.24) is 19.9 Å². The third-order valence-corrected chi connectivity index (χ3v) is 1.87. The summed E-state index contributed by atoms with van der Waals surface area (Å²) < 4.78 is 9.98. The summed E-state index contributed by atoms with van der Waals surface area (Å²) in [5, 5.41) is 0. The van der Waals surface area contributed by atoms with Crippen molar-refractivity contribution in [1.29, 1.82) is 0 Å². The molecule has 0 bridgehead atoms. The van der Waals surface area contributed by atoms with E-state index in [-0.39, 0.29) is 13.2 Å². The number of rotatable bonds is 5. The molecule has 2 rings (SSSR count). The lowest BCUT2D eigenvalue weighted by molar-refractivity contribution is -0.138. The maximum atomic E-state index is 10.7. The van der Waals surface area contributed by atoms with Crippen molar-refractivity contribution >= 4 is 17.1 Å². The lowest BCUT2D eigenvalue weighted by atomic mass is 10.6. The normalized spacial score (nSPS) is 10.1. The zero-order valence-electron chi connectivity index (χ0n) is 8.92. The first-order valence-electron chi connectivity index (χ1n) is 4.87. The van der Waals surface area contributed by atoms with Gasteiger partial charge in [0.15, 0.2) is 5.65 Å². The van der Waals surface area contributed by atoms with Crippen LogP contribution < -0.4 is 4.74 Å². The summed E-state index contributed by atoms with van der Waals surface area (Å²) in [6.45, 7) is 3.61. The number of nitrogens with one attached hydrogen (secondary N) is 1. The van der Waals surface area contributed by atoms with E-state index in [1.807, 2.05) is 0 Å². The molecule has 17 heavy (non-hydrogen) atoms. The second kappa shape index (κ2) is 5.06. The van der Waals surface area contributed by atoms with Crippen molar-refractivity contribution in [3.63, 3.8) is 0 Å².